The zero-order valence-corrected chi connectivity index (χ0v) is 13.5. The Kier molecular flexibility index (Phi) is 5.35. The highest BCUT2D eigenvalue weighted by Gasteiger charge is 2.28. The molecule has 2 nitrogen and oxygen atoms in total. The number of halogens is 2. The van der Waals surface area contributed by atoms with Crippen molar-refractivity contribution in [2.24, 2.45) is 0 Å². The molecule has 0 saturated carbocycles. The van der Waals surface area contributed by atoms with Crippen molar-refractivity contribution in [3.05, 3.63) is 33.3 Å². The van der Waals surface area contributed by atoms with Crippen LogP contribution in [0.5, 0.6) is 0 Å². The van der Waals surface area contributed by atoms with E-state index >= 15 is 0 Å². The fourth-order valence-corrected chi connectivity index (χ4v) is 2.93. The Hall–Kier alpha value is 0.260. The van der Waals surface area contributed by atoms with Gasteiger partial charge in [-0.05, 0) is 51.5 Å². The van der Waals surface area contributed by atoms with Crippen LogP contribution in [0.25, 0.3) is 0 Å². The summed E-state index contributed by atoms with van der Waals surface area (Å²) in [6.45, 7) is 7.80. The van der Waals surface area contributed by atoms with Crippen LogP contribution in [0.15, 0.2) is 22.7 Å². The maximum absolute atomic E-state index is 12.0. The molecule has 5 heteroatoms. The van der Waals surface area contributed by atoms with Gasteiger partial charge in [0.2, 0.25) is 0 Å². The first-order chi connectivity index (χ1) is 7.70. The fraction of sp³-hybridized carbons (Fsp3) is 0.500. The van der Waals surface area contributed by atoms with Crippen LogP contribution in [0, 0.1) is 0 Å². The standard InChI is InChI=1S/C12H17BrClNOS/c1-8(15-17(16)12(2,3)4)9-5-10(13)7-11(14)6-9/h5-8,15H,1-4H3/t8-,17?/m1/s1. The van der Waals surface area contributed by atoms with Crippen molar-refractivity contribution in [3.8, 4) is 0 Å². The molecule has 0 radical (unpaired) electrons. The van der Waals surface area contributed by atoms with E-state index in [1.165, 1.54) is 0 Å². The summed E-state index contributed by atoms with van der Waals surface area (Å²) in [4.78, 5) is 0. The fourth-order valence-electron chi connectivity index (χ4n) is 1.23. The van der Waals surface area contributed by atoms with Crippen molar-refractivity contribution in [3.63, 3.8) is 0 Å². The third-order valence-corrected chi connectivity index (χ3v) is 4.58. The highest BCUT2D eigenvalue weighted by Crippen LogP contribution is 2.25. The molecule has 0 amide bonds. The van der Waals surface area contributed by atoms with Crippen LogP contribution < -0.4 is 4.72 Å². The van der Waals surface area contributed by atoms with Gasteiger partial charge in [-0.1, -0.05) is 27.5 Å². The van der Waals surface area contributed by atoms with Gasteiger partial charge in [0.15, 0.2) is 0 Å². The maximum atomic E-state index is 12.0. The minimum absolute atomic E-state index is 0.00921. The van der Waals surface area contributed by atoms with Gasteiger partial charge >= 0.3 is 0 Å². The van der Waals surface area contributed by atoms with Crippen LogP contribution >= 0.6 is 27.5 Å². The average molecular weight is 339 g/mol. The molecule has 1 aromatic rings. The average Bonchev–Trinajstić information content (AvgIpc) is 2.14. The predicted octanol–water partition coefficient (Wildman–Crippen LogP) is 4.22. The molecule has 0 heterocycles. The highest BCUT2D eigenvalue weighted by molar-refractivity contribution is 9.10. The van der Waals surface area contributed by atoms with E-state index in [1.54, 1.807) is 0 Å². The molecular formula is C12H17BrClNOS. The number of rotatable bonds is 3. The van der Waals surface area contributed by atoms with Crippen molar-refractivity contribution >= 4 is 38.9 Å². The highest BCUT2D eigenvalue weighted by atomic mass is 79.9. The van der Waals surface area contributed by atoms with Crippen LogP contribution in [0.1, 0.15) is 39.3 Å². The van der Waals surface area contributed by atoms with Crippen LogP contribution in [0.2, 0.25) is 5.02 Å². The summed E-state index contributed by atoms with van der Waals surface area (Å²) in [6, 6.07) is 5.68. The largest absolute Gasteiger partial charge is 0.598 e. The third-order valence-electron chi connectivity index (χ3n) is 2.22. The van der Waals surface area contributed by atoms with Crippen LogP contribution in [0.4, 0.5) is 0 Å². The lowest BCUT2D eigenvalue weighted by molar-refractivity contribution is 0.531. The number of benzene rings is 1. The molecule has 96 valence electrons. The summed E-state index contributed by atoms with van der Waals surface area (Å²) in [6.07, 6.45) is 0. The Labute approximate surface area is 120 Å². The van der Waals surface area contributed by atoms with Crippen LogP contribution in [0.3, 0.4) is 0 Å². The predicted molar refractivity (Wildman–Crippen MR) is 78.6 cm³/mol. The normalized spacial score (nSPS) is 15.7. The van der Waals surface area contributed by atoms with Gasteiger partial charge in [0, 0.05) is 20.9 Å². The molecule has 0 spiro atoms. The van der Waals surface area contributed by atoms with Crippen molar-refractivity contribution in [2.45, 2.75) is 38.5 Å². The van der Waals surface area contributed by atoms with Crippen molar-refractivity contribution < 1.29 is 4.55 Å². The Morgan fingerprint density at radius 1 is 1.35 bits per heavy atom. The molecule has 0 aliphatic rings. The maximum Gasteiger partial charge on any atom is 0.136 e. The first-order valence-corrected chi connectivity index (χ1v) is 7.66. The molecule has 0 aliphatic carbocycles. The molecule has 0 aliphatic heterocycles. The van der Waals surface area contributed by atoms with E-state index in [-0.39, 0.29) is 10.8 Å². The van der Waals surface area contributed by atoms with Gasteiger partial charge in [0.05, 0.1) is 6.04 Å². The molecule has 1 rings (SSSR count). The summed E-state index contributed by atoms with van der Waals surface area (Å²) < 4.78 is 15.7. The number of hydrogen-bond acceptors (Lipinski definition) is 2. The summed E-state index contributed by atoms with van der Waals surface area (Å²) in [5, 5.41) is 0.671. The van der Waals surface area contributed by atoms with Gasteiger partial charge in [-0.15, -0.1) is 4.72 Å². The third kappa shape index (κ3) is 4.79. The monoisotopic (exact) mass is 337 g/mol. The van der Waals surface area contributed by atoms with E-state index in [1.807, 2.05) is 45.9 Å². The number of nitrogens with one attached hydrogen (secondary N) is 1. The molecule has 17 heavy (non-hydrogen) atoms. The second-order valence-corrected chi connectivity index (χ2v) is 8.27. The molecule has 0 saturated heterocycles. The van der Waals surface area contributed by atoms with Gasteiger partial charge in [0.25, 0.3) is 0 Å². The Morgan fingerprint density at radius 2 is 1.94 bits per heavy atom. The van der Waals surface area contributed by atoms with Gasteiger partial charge in [-0.3, -0.25) is 0 Å². The minimum atomic E-state index is -1.09. The van der Waals surface area contributed by atoms with E-state index in [0.29, 0.717) is 5.02 Å². The van der Waals surface area contributed by atoms with E-state index in [4.69, 9.17) is 11.6 Å². The van der Waals surface area contributed by atoms with Crippen molar-refractivity contribution in [1.29, 1.82) is 0 Å². The molecule has 0 aromatic heterocycles. The Bertz CT molecular complexity index is 374. The lowest BCUT2D eigenvalue weighted by atomic mass is 10.1. The van der Waals surface area contributed by atoms with Gasteiger partial charge in [-0.25, -0.2) is 0 Å². The second kappa shape index (κ2) is 5.93. The summed E-state index contributed by atoms with van der Waals surface area (Å²) in [5.41, 5.74) is 1.02. The lowest BCUT2D eigenvalue weighted by Gasteiger charge is -2.26. The molecular weight excluding hydrogens is 322 g/mol. The van der Waals surface area contributed by atoms with E-state index < -0.39 is 11.4 Å². The summed E-state index contributed by atoms with van der Waals surface area (Å²) in [7, 11) is 0. The van der Waals surface area contributed by atoms with Crippen LogP contribution in [-0.4, -0.2) is 9.30 Å². The van der Waals surface area contributed by atoms with Crippen LogP contribution in [-0.2, 0) is 11.4 Å². The zero-order chi connectivity index (χ0) is 13.2. The molecule has 1 N–H and O–H groups in total. The van der Waals surface area contributed by atoms with E-state index in [0.717, 1.165) is 10.0 Å². The Balaban J connectivity index is 2.79. The first-order valence-electron chi connectivity index (χ1n) is 5.34. The zero-order valence-electron chi connectivity index (χ0n) is 10.4. The smallest absolute Gasteiger partial charge is 0.136 e. The Morgan fingerprint density at radius 3 is 2.41 bits per heavy atom. The SMILES string of the molecule is C[C@@H](N[S+]([O-])C(C)(C)C)c1cc(Cl)cc(Br)c1. The molecule has 0 bridgehead atoms. The summed E-state index contributed by atoms with van der Waals surface area (Å²) >= 11 is 8.30. The first kappa shape index (κ1) is 15.3. The van der Waals surface area contributed by atoms with Crippen molar-refractivity contribution in [2.75, 3.05) is 0 Å². The van der Waals surface area contributed by atoms with Gasteiger partial charge in [0.1, 0.15) is 4.75 Å². The van der Waals surface area contributed by atoms with Gasteiger partial charge in [-0.2, -0.15) is 0 Å². The summed E-state index contributed by atoms with van der Waals surface area (Å²) in [5.74, 6) is 0. The molecule has 2 atom stereocenters. The molecule has 1 unspecified atom stereocenters. The quantitative estimate of drug-likeness (QED) is 0.838. The number of hydrogen-bond donors (Lipinski definition) is 1. The molecule has 0 fully saturated rings. The molecule has 1 aromatic carbocycles. The topological polar surface area (TPSA) is 35.1 Å². The lowest BCUT2D eigenvalue weighted by Crippen LogP contribution is -2.40. The van der Waals surface area contributed by atoms with Gasteiger partial charge < -0.3 is 4.55 Å². The minimum Gasteiger partial charge on any atom is -0.598 e. The van der Waals surface area contributed by atoms with E-state index in [9.17, 15) is 4.55 Å². The van der Waals surface area contributed by atoms with E-state index in [2.05, 4.69) is 20.7 Å². The van der Waals surface area contributed by atoms with Crippen molar-refractivity contribution in [1.82, 2.24) is 4.72 Å². The second-order valence-electron chi connectivity index (χ2n) is 4.92.